The number of hydrogen-bond donors (Lipinski definition) is 4. The lowest BCUT2D eigenvalue weighted by Crippen LogP contribution is -2.55. The molecule has 0 spiro atoms. The van der Waals surface area contributed by atoms with E-state index in [9.17, 15) is 43.5 Å². The number of methoxy groups -OCH3 is 4. The molecule has 6 rings (SSSR count). The summed E-state index contributed by atoms with van der Waals surface area (Å²) in [7, 11) is 9.87. The van der Waals surface area contributed by atoms with Gasteiger partial charge in [0.25, 0.3) is 0 Å². The molecule has 5 N–H and O–H groups in total. The Morgan fingerprint density at radius 1 is 0.683 bits per heavy atom. The second-order valence-electron chi connectivity index (χ2n) is 31.4. The smallest absolute Gasteiger partial charge is 0.226 e. The topological polar surface area (TPSA) is 270 Å². The lowest BCUT2D eigenvalue weighted by atomic mass is 9.82. The number of nitrogens with one attached hydrogen (secondary N) is 2. The summed E-state index contributed by atoms with van der Waals surface area (Å²) in [5.41, 5.74) is 6.56. The van der Waals surface area contributed by atoms with Gasteiger partial charge in [-0.15, -0.1) is 11.3 Å². The number of amides is 5. The number of carbonyl (C=O) groups is 8. The number of rotatable bonds is 41. The Balaban J connectivity index is 0.000000374. The Morgan fingerprint density at radius 3 is 1.54 bits per heavy atom. The van der Waals surface area contributed by atoms with Gasteiger partial charge in [0.2, 0.25) is 29.5 Å². The van der Waals surface area contributed by atoms with Crippen LogP contribution in [0.3, 0.4) is 0 Å². The summed E-state index contributed by atoms with van der Waals surface area (Å²) in [6, 6.07) is 17.6. The number of aromatic nitrogens is 1. The van der Waals surface area contributed by atoms with E-state index in [0.29, 0.717) is 38.8 Å². The van der Waals surface area contributed by atoms with E-state index in [2.05, 4.69) is 62.0 Å². The number of likely N-dealkylation sites (N-methyl/N-ethyl adjacent to an activating group) is 2. The van der Waals surface area contributed by atoms with E-state index in [-0.39, 0.29) is 120 Å². The van der Waals surface area contributed by atoms with Crippen molar-refractivity contribution in [3.63, 3.8) is 0 Å². The molecule has 2 aromatic carbocycles. The monoisotopic (exact) mass is 1470 g/mol. The van der Waals surface area contributed by atoms with Gasteiger partial charge < -0.3 is 60.0 Å². The first kappa shape index (κ1) is 88.4. The number of ketones is 3. The standard InChI is InChI=1S/C41H66N4O7.C41H64N4O6S/c1-11-27(4)37(44(8)40(50)31(26(2)3)24-35(47)41(7)20-16-21-42-41)34(51-9)25-36(48)45-22-15-19-33(45)38(52-10)28(5)39(49)43-32(29(6)46)23-30-17-13-12-14-18-30;1-11-27(4)37(44(8)40(49)31(26(2)3)24-35(47)41(6,7)42)34(50-9)25-36(48)45-20-15-18-32(45)38(51-10)28(5)33(46)23-30(39-43-19-21-52-39)22-29-16-13-12-14-17-29/h12-14,17-18,26-28,31-34,37-38,42,46H,6,11,15-16,19-25H2,1-5,7-10H3,(H,43,49);12-14,16-17,19,21,26-28,30-32,34,37-38H,11,15,18,20,22-25,42H2,1-10H3/t27-,28+,31-,32-,33-,34+,37?,38+,41-;27-,28-,30+,31-,32-,34+,37-,38+/m00/s1. The van der Waals surface area contributed by atoms with Crippen molar-refractivity contribution < 1.29 is 62.4 Å². The molecule has 0 aliphatic carbocycles. The zero-order valence-electron chi connectivity index (χ0n) is 66.3. The van der Waals surface area contributed by atoms with Gasteiger partial charge in [-0.25, -0.2) is 4.98 Å². The second-order valence-corrected chi connectivity index (χ2v) is 32.3. The van der Waals surface area contributed by atoms with Crippen LogP contribution in [0.2, 0.25) is 0 Å². The number of Topliss-reactive ketones (excluding diaryl/α,β-unsaturated/α-hetero) is 3. The van der Waals surface area contributed by atoms with Crippen LogP contribution < -0.4 is 16.4 Å². The van der Waals surface area contributed by atoms with Crippen molar-refractivity contribution in [1.82, 2.24) is 35.2 Å². The Bertz CT molecular complexity index is 3200. The molecule has 5 amide bonds. The predicted molar refractivity (Wildman–Crippen MR) is 411 cm³/mol. The molecule has 1 unspecified atom stereocenters. The van der Waals surface area contributed by atoms with Crippen molar-refractivity contribution in [1.29, 1.82) is 0 Å². The van der Waals surface area contributed by atoms with E-state index < -0.39 is 77.3 Å². The SMILES string of the molecule is C=C(O)[C@H](Cc1ccccc1)NC(=O)[C@H](C)[C@@H](OC)[C@@H]1CCCN1C(=O)C[C@@H](OC)C([C@@H](C)CC)N(C)C(=O)[C@@H](CC(=O)[C@]1(C)CCCN1)C(C)C.CC[C@H](C)[C@@H]([C@@H](CC(=O)N1CCC[C@H]1[C@H](OC)[C@@H](C)C(=O)C[C@@H](Cc1ccccc1)c1nccs1)OC)N(C)C(=O)[C@@H](CC(=O)C(C)(C)N)C(C)C. The maximum absolute atomic E-state index is 14.2. The van der Waals surface area contributed by atoms with E-state index in [0.717, 1.165) is 67.6 Å². The van der Waals surface area contributed by atoms with Crippen LogP contribution in [0.15, 0.2) is 84.6 Å². The van der Waals surface area contributed by atoms with Crippen LogP contribution in [-0.2, 0) is 70.1 Å². The van der Waals surface area contributed by atoms with Crippen molar-refractivity contribution >= 4 is 58.2 Å². The largest absolute Gasteiger partial charge is 0.511 e. The number of nitrogens with two attached hydrogens (primary N) is 1. The lowest BCUT2D eigenvalue weighted by molar-refractivity contribution is -0.149. The lowest BCUT2D eigenvalue weighted by Gasteiger charge is -2.41. The molecule has 0 saturated carbocycles. The van der Waals surface area contributed by atoms with E-state index >= 15 is 0 Å². The highest BCUT2D eigenvalue weighted by molar-refractivity contribution is 7.09. The summed E-state index contributed by atoms with van der Waals surface area (Å²) in [6.45, 7) is 30.6. The molecule has 3 aliphatic rings. The third kappa shape index (κ3) is 23.9. The van der Waals surface area contributed by atoms with Crippen molar-refractivity contribution in [2.45, 2.75) is 258 Å². The number of carbonyl (C=O) groups excluding carboxylic acids is 8. The number of ether oxygens (including phenoxy) is 4. The highest BCUT2D eigenvalue weighted by atomic mass is 32.1. The first-order valence-electron chi connectivity index (χ1n) is 38.2. The molecule has 104 heavy (non-hydrogen) atoms. The molecular weight excluding hydrogens is 1340 g/mol. The number of aliphatic hydroxyl groups excluding tert-OH is 1. The third-order valence-corrected chi connectivity index (χ3v) is 23.9. The molecule has 0 radical (unpaired) electrons. The first-order chi connectivity index (χ1) is 49.1. The van der Waals surface area contributed by atoms with Crippen LogP contribution in [0.4, 0.5) is 0 Å². The van der Waals surface area contributed by atoms with Crippen LogP contribution in [0, 0.1) is 47.3 Å². The summed E-state index contributed by atoms with van der Waals surface area (Å²) in [4.78, 5) is 122. The molecular formula is C82H130N8O13S. The highest BCUT2D eigenvalue weighted by Gasteiger charge is 2.47. The summed E-state index contributed by atoms with van der Waals surface area (Å²) in [5.74, 6) is -3.20. The van der Waals surface area contributed by atoms with Gasteiger partial charge in [0.1, 0.15) is 11.5 Å². The Morgan fingerprint density at radius 2 is 1.14 bits per heavy atom. The molecule has 0 bridgehead atoms. The van der Waals surface area contributed by atoms with Crippen molar-refractivity contribution in [3.05, 3.63) is 101 Å². The minimum atomic E-state index is -1.04. The molecule has 3 aromatic rings. The Labute approximate surface area is 626 Å². The molecule has 17 atom stereocenters. The van der Waals surface area contributed by atoms with Crippen molar-refractivity contribution in [2.75, 3.05) is 62.2 Å². The second kappa shape index (κ2) is 41.7. The minimum Gasteiger partial charge on any atom is -0.511 e. The molecule has 22 heteroatoms. The molecule has 3 aliphatic heterocycles. The number of aliphatic hydroxyl groups is 1. The Kier molecular flexibility index (Phi) is 35.5. The van der Waals surface area contributed by atoms with Gasteiger partial charge in [0.15, 0.2) is 11.6 Å². The molecule has 1 aromatic heterocycles. The predicted octanol–water partition coefficient (Wildman–Crippen LogP) is 11.4. The molecule has 21 nitrogen and oxygen atoms in total. The molecule has 3 fully saturated rings. The number of benzene rings is 2. The first-order valence-corrected chi connectivity index (χ1v) is 39.0. The van der Waals surface area contributed by atoms with Gasteiger partial charge >= 0.3 is 0 Å². The summed E-state index contributed by atoms with van der Waals surface area (Å²) < 4.78 is 24.0. The average molecular weight is 1470 g/mol. The van der Waals surface area contributed by atoms with Gasteiger partial charge in [-0.05, 0) is 113 Å². The highest BCUT2D eigenvalue weighted by Crippen LogP contribution is 2.36. The van der Waals surface area contributed by atoms with E-state index in [4.69, 9.17) is 24.7 Å². The summed E-state index contributed by atoms with van der Waals surface area (Å²) >= 11 is 1.57. The summed E-state index contributed by atoms with van der Waals surface area (Å²) in [5, 5.41) is 19.5. The molecule has 4 heterocycles. The van der Waals surface area contributed by atoms with Gasteiger partial charge in [-0.3, -0.25) is 38.4 Å². The van der Waals surface area contributed by atoms with Crippen molar-refractivity contribution in [3.8, 4) is 0 Å². The van der Waals surface area contributed by atoms with Crippen LogP contribution in [-0.4, -0.2) is 204 Å². The van der Waals surface area contributed by atoms with E-state index in [1.165, 1.54) is 0 Å². The van der Waals surface area contributed by atoms with Gasteiger partial charge in [0.05, 0.1) is 89.5 Å². The summed E-state index contributed by atoms with van der Waals surface area (Å²) in [6.07, 6.45) is 7.51. The van der Waals surface area contributed by atoms with Gasteiger partial charge in [0, 0.05) is 110 Å². The maximum Gasteiger partial charge on any atom is 0.226 e. The van der Waals surface area contributed by atoms with Crippen LogP contribution in [0.1, 0.15) is 196 Å². The van der Waals surface area contributed by atoms with Crippen LogP contribution in [0.25, 0.3) is 0 Å². The quantitative estimate of drug-likeness (QED) is 0.0385. The Hall–Kier alpha value is -6.27. The fourth-order valence-electron chi connectivity index (χ4n) is 15.8. The minimum absolute atomic E-state index is 0.0131. The number of likely N-dealkylation sites (tertiary alicyclic amines) is 2. The van der Waals surface area contributed by atoms with Crippen LogP contribution >= 0.6 is 11.3 Å². The normalized spacial score (nSPS) is 21.0. The number of nitrogens with zero attached hydrogens (tertiary/aromatic N) is 5. The number of hydrogen-bond acceptors (Lipinski definition) is 17. The zero-order valence-corrected chi connectivity index (χ0v) is 67.1. The van der Waals surface area contributed by atoms with Crippen LogP contribution in [0.5, 0.6) is 0 Å². The molecule has 582 valence electrons. The molecule has 3 saturated heterocycles. The zero-order chi connectivity index (χ0) is 77.5. The average Bonchev–Trinajstić information content (AvgIpc) is 1.79. The number of thiazole rings is 1. The fourth-order valence-corrected chi connectivity index (χ4v) is 16.6. The van der Waals surface area contributed by atoms with Gasteiger partial charge in [-0.2, -0.15) is 0 Å². The van der Waals surface area contributed by atoms with E-state index in [1.807, 2.05) is 100 Å². The maximum atomic E-state index is 14.2. The third-order valence-electron chi connectivity index (χ3n) is 22.9. The van der Waals surface area contributed by atoms with E-state index in [1.54, 1.807) is 95.5 Å². The van der Waals surface area contributed by atoms with Crippen molar-refractivity contribution in [2.24, 2.45) is 53.1 Å². The van der Waals surface area contributed by atoms with Gasteiger partial charge in [-0.1, -0.05) is 149 Å². The fraction of sp³-hybridized carbons (Fsp3) is 0.695.